The van der Waals surface area contributed by atoms with Crippen LogP contribution in [0.5, 0.6) is 0 Å². The Labute approximate surface area is 135 Å². The van der Waals surface area contributed by atoms with E-state index in [0.29, 0.717) is 17.4 Å². The molecule has 0 radical (unpaired) electrons. The van der Waals surface area contributed by atoms with Crippen molar-refractivity contribution in [1.82, 2.24) is 20.8 Å². The van der Waals surface area contributed by atoms with Crippen molar-refractivity contribution in [3.05, 3.63) is 17.8 Å². The van der Waals surface area contributed by atoms with Gasteiger partial charge in [-0.1, -0.05) is 0 Å². The lowest BCUT2D eigenvalue weighted by atomic mass is 10.1. The molecular formula is C15H23N5O3. The van der Waals surface area contributed by atoms with Crippen LogP contribution in [0.2, 0.25) is 0 Å². The van der Waals surface area contributed by atoms with Crippen molar-refractivity contribution in [2.45, 2.75) is 25.8 Å². The third-order valence-corrected chi connectivity index (χ3v) is 3.81. The zero-order valence-corrected chi connectivity index (χ0v) is 13.5. The summed E-state index contributed by atoms with van der Waals surface area (Å²) in [6.45, 7) is 3.72. The molecule has 8 nitrogen and oxygen atoms in total. The molecule has 23 heavy (non-hydrogen) atoms. The lowest BCUT2D eigenvalue weighted by Gasteiger charge is -2.32. The topological polar surface area (TPSA) is 96.4 Å². The molecule has 1 fully saturated rings. The van der Waals surface area contributed by atoms with E-state index in [1.165, 1.54) is 13.1 Å². The van der Waals surface area contributed by atoms with Crippen molar-refractivity contribution in [2.75, 3.05) is 38.2 Å². The molecule has 1 aromatic rings. The zero-order valence-electron chi connectivity index (χ0n) is 13.5. The Morgan fingerprint density at radius 3 is 2.87 bits per heavy atom. The van der Waals surface area contributed by atoms with Crippen LogP contribution in [0.15, 0.2) is 12.3 Å². The molecule has 0 spiro atoms. The largest absolute Gasteiger partial charge is 0.464 e. The van der Waals surface area contributed by atoms with Crippen molar-refractivity contribution < 1.29 is 14.3 Å². The number of esters is 1. The SMILES string of the molecule is CC(=O)OCCNC(=O)c1cnnc(N(C)C2CCNCC2)c1. The second kappa shape index (κ2) is 8.42. The van der Waals surface area contributed by atoms with Crippen LogP contribution in [0.4, 0.5) is 5.82 Å². The normalized spacial score (nSPS) is 15.0. The van der Waals surface area contributed by atoms with Gasteiger partial charge < -0.3 is 20.3 Å². The molecule has 1 aliphatic rings. The highest BCUT2D eigenvalue weighted by Gasteiger charge is 2.20. The highest BCUT2D eigenvalue weighted by molar-refractivity contribution is 5.94. The molecule has 8 heteroatoms. The number of anilines is 1. The molecule has 0 atom stereocenters. The number of carbonyl (C=O) groups is 2. The second-order valence-corrected chi connectivity index (χ2v) is 5.49. The van der Waals surface area contributed by atoms with Crippen LogP contribution in [0.3, 0.4) is 0 Å². The molecular weight excluding hydrogens is 298 g/mol. The summed E-state index contributed by atoms with van der Waals surface area (Å²) in [5.74, 6) is 0.0623. The number of rotatable bonds is 6. The van der Waals surface area contributed by atoms with Gasteiger partial charge in [-0.3, -0.25) is 9.59 Å². The van der Waals surface area contributed by atoms with E-state index >= 15 is 0 Å². The molecule has 0 aliphatic carbocycles. The highest BCUT2D eigenvalue weighted by atomic mass is 16.5. The molecule has 1 aromatic heterocycles. The minimum atomic E-state index is -0.365. The maximum atomic E-state index is 12.1. The fourth-order valence-corrected chi connectivity index (χ4v) is 2.49. The summed E-state index contributed by atoms with van der Waals surface area (Å²) in [4.78, 5) is 24.8. The van der Waals surface area contributed by atoms with Crippen LogP contribution in [-0.2, 0) is 9.53 Å². The van der Waals surface area contributed by atoms with Gasteiger partial charge >= 0.3 is 5.97 Å². The van der Waals surface area contributed by atoms with Crippen molar-refractivity contribution in [3.8, 4) is 0 Å². The number of nitrogens with zero attached hydrogens (tertiary/aromatic N) is 3. The summed E-state index contributed by atoms with van der Waals surface area (Å²) in [6, 6.07) is 2.13. The van der Waals surface area contributed by atoms with Gasteiger partial charge in [0.25, 0.3) is 5.91 Å². The Morgan fingerprint density at radius 1 is 1.43 bits per heavy atom. The van der Waals surface area contributed by atoms with E-state index in [1.54, 1.807) is 6.07 Å². The van der Waals surface area contributed by atoms with E-state index in [1.807, 2.05) is 7.05 Å². The molecule has 0 saturated carbocycles. The third-order valence-electron chi connectivity index (χ3n) is 3.81. The van der Waals surface area contributed by atoms with E-state index in [0.717, 1.165) is 25.9 Å². The number of hydrogen-bond acceptors (Lipinski definition) is 7. The first-order valence-electron chi connectivity index (χ1n) is 7.76. The van der Waals surface area contributed by atoms with Crippen molar-refractivity contribution >= 4 is 17.7 Å². The van der Waals surface area contributed by atoms with Gasteiger partial charge in [0.1, 0.15) is 6.61 Å². The van der Waals surface area contributed by atoms with Gasteiger partial charge in [-0.25, -0.2) is 0 Å². The van der Waals surface area contributed by atoms with Crippen LogP contribution >= 0.6 is 0 Å². The first kappa shape index (κ1) is 17.1. The average Bonchev–Trinajstić information content (AvgIpc) is 2.58. The Bertz CT molecular complexity index is 546. The minimum Gasteiger partial charge on any atom is -0.464 e. The summed E-state index contributed by atoms with van der Waals surface area (Å²) in [7, 11) is 1.97. The average molecular weight is 321 g/mol. The Hall–Kier alpha value is -2.22. The molecule has 0 unspecified atom stereocenters. The van der Waals surface area contributed by atoms with Crippen molar-refractivity contribution in [1.29, 1.82) is 0 Å². The summed E-state index contributed by atoms with van der Waals surface area (Å²) in [5.41, 5.74) is 0.443. The third kappa shape index (κ3) is 5.17. The second-order valence-electron chi connectivity index (χ2n) is 5.49. The molecule has 2 heterocycles. The number of carbonyl (C=O) groups excluding carboxylic acids is 2. The van der Waals surface area contributed by atoms with Crippen LogP contribution in [-0.4, -0.2) is 61.4 Å². The monoisotopic (exact) mass is 321 g/mol. The molecule has 1 aliphatic heterocycles. The molecule has 1 saturated heterocycles. The molecule has 0 bridgehead atoms. The van der Waals surface area contributed by atoms with Crippen LogP contribution < -0.4 is 15.5 Å². The molecule has 2 N–H and O–H groups in total. The Kier molecular flexibility index (Phi) is 6.28. The van der Waals surface area contributed by atoms with Crippen molar-refractivity contribution in [2.24, 2.45) is 0 Å². The number of piperidine rings is 1. The summed E-state index contributed by atoms with van der Waals surface area (Å²) >= 11 is 0. The van der Waals surface area contributed by atoms with Gasteiger partial charge in [-0.2, -0.15) is 5.10 Å². The van der Waals surface area contributed by atoms with Gasteiger partial charge in [-0.05, 0) is 32.0 Å². The van der Waals surface area contributed by atoms with Crippen LogP contribution in [0.25, 0.3) is 0 Å². The number of hydrogen-bond donors (Lipinski definition) is 2. The van der Waals surface area contributed by atoms with Gasteiger partial charge in [0.2, 0.25) is 0 Å². The predicted octanol–water partition coefficient (Wildman–Crippen LogP) is -0.0423. The van der Waals surface area contributed by atoms with E-state index < -0.39 is 0 Å². The smallest absolute Gasteiger partial charge is 0.302 e. The lowest BCUT2D eigenvalue weighted by molar-refractivity contribution is -0.140. The van der Waals surface area contributed by atoms with Gasteiger partial charge in [-0.15, -0.1) is 5.10 Å². The number of nitrogens with one attached hydrogen (secondary N) is 2. The lowest BCUT2D eigenvalue weighted by Crippen LogP contribution is -2.41. The molecule has 0 aromatic carbocycles. The summed E-state index contributed by atoms with van der Waals surface area (Å²) in [6.07, 6.45) is 3.51. The van der Waals surface area contributed by atoms with Gasteiger partial charge in [0.05, 0.1) is 18.3 Å². The van der Waals surface area contributed by atoms with Gasteiger partial charge in [0, 0.05) is 20.0 Å². The predicted molar refractivity (Wildman–Crippen MR) is 85.3 cm³/mol. The molecule has 126 valence electrons. The van der Waals surface area contributed by atoms with E-state index in [2.05, 4.69) is 25.7 Å². The highest BCUT2D eigenvalue weighted by Crippen LogP contribution is 2.17. The van der Waals surface area contributed by atoms with Crippen LogP contribution in [0.1, 0.15) is 30.1 Å². The standard InChI is InChI=1S/C15H23N5O3/c1-11(21)23-8-7-17-15(22)12-9-14(19-18-10-12)20(2)13-3-5-16-6-4-13/h9-10,13,16H,3-8H2,1-2H3,(H,17,22). The fourth-order valence-electron chi connectivity index (χ4n) is 2.49. The maximum absolute atomic E-state index is 12.1. The number of aromatic nitrogens is 2. The van der Waals surface area contributed by atoms with Gasteiger partial charge in [0.15, 0.2) is 5.82 Å². The zero-order chi connectivity index (χ0) is 16.7. The fraction of sp³-hybridized carbons (Fsp3) is 0.600. The first-order valence-corrected chi connectivity index (χ1v) is 7.76. The Morgan fingerprint density at radius 2 is 2.17 bits per heavy atom. The summed E-state index contributed by atoms with van der Waals surface area (Å²) < 4.78 is 4.77. The maximum Gasteiger partial charge on any atom is 0.302 e. The van der Waals surface area contributed by atoms with E-state index in [9.17, 15) is 9.59 Å². The first-order chi connectivity index (χ1) is 11.1. The molecule has 2 rings (SSSR count). The number of amides is 1. The van der Waals surface area contributed by atoms with E-state index in [4.69, 9.17) is 4.74 Å². The Balaban J connectivity index is 1.92. The van der Waals surface area contributed by atoms with E-state index in [-0.39, 0.29) is 25.0 Å². The minimum absolute atomic E-state index is 0.154. The quantitative estimate of drug-likeness (QED) is 0.560. The summed E-state index contributed by atoms with van der Waals surface area (Å²) in [5, 5.41) is 14.1. The van der Waals surface area contributed by atoms with Crippen LogP contribution in [0, 0.1) is 0 Å². The molecule has 1 amide bonds. The van der Waals surface area contributed by atoms with Crippen molar-refractivity contribution in [3.63, 3.8) is 0 Å². The number of ether oxygens (including phenoxy) is 1.